The Labute approximate surface area is 175 Å². The van der Waals surface area contributed by atoms with Crippen LogP contribution in [0.15, 0.2) is 59.5 Å². The van der Waals surface area contributed by atoms with Crippen molar-refractivity contribution in [3.63, 3.8) is 0 Å². The molecule has 1 saturated heterocycles. The maximum atomic E-state index is 12.8. The molecule has 152 valence electrons. The Morgan fingerprint density at radius 3 is 2.38 bits per heavy atom. The predicted molar refractivity (Wildman–Crippen MR) is 113 cm³/mol. The SMILES string of the molecule is COc1ccc(Cc2nnc(C3CCN(S(=O)(=O)c4ccccc4)CC3)s2)cc1. The second-order valence-electron chi connectivity index (χ2n) is 7.05. The summed E-state index contributed by atoms with van der Waals surface area (Å²) in [4.78, 5) is 0.358. The Hall–Kier alpha value is -2.29. The van der Waals surface area contributed by atoms with Gasteiger partial charge in [0.05, 0.1) is 12.0 Å². The zero-order valence-corrected chi connectivity index (χ0v) is 17.8. The molecule has 0 amide bonds. The Morgan fingerprint density at radius 2 is 1.72 bits per heavy atom. The van der Waals surface area contributed by atoms with Crippen LogP contribution < -0.4 is 4.74 Å². The number of nitrogens with zero attached hydrogens (tertiary/aromatic N) is 3. The van der Waals surface area contributed by atoms with Crippen LogP contribution in [0, 0.1) is 0 Å². The van der Waals surface area contributed by atoms with Gasteiger partial charge in [-0.3, -0.25) is 0 Å². The molecule has 4 rings (SSSR count). The Morgan fingerprint density at radius 1 is 1.03 bits per heavy atom. The molecule has 2 aromatic carbocycles. The molecule has 1 aromatic heterocycles. The van der Waals surface area contributed by atoms with Crippen LogP contribution in [0.25, 0.3) is 0 Å². The number of methoxy groups -OCH3 is 1. The second-order valence-corrected chi connectivity index (χ2v) is 10.1. The van der Waals surface area contributed by atoms with Crippen molar-refractivity contribution >= 4 is 21.4 Å². The molecule has 2 heterocycles. The smallest absolute Gasteiger partial charge is 0.243 e. The van der Waals surface area contributed by atoms with Crippen molar-refractivity contribution < 1.29 is 13.2 Å². The number of rotatable bonds is 6. The van der Waals surface area contributed by atoms with Gasteiger partial charge in [0.15, 0.2) is 0 Å². The first-order valence-corrected chi connectivity index (χ1v) is 11.8. The first kappa shape index (κ1) is 20.0. The minimum absolute atomic E-state index is 0.263. The average Bonchev–Trinajstić information content (AvgIpc) is 3.23. The summed E-state index contributed by atoms with van der Waals surface area (Å²) in [5.74, 6) is 1.10. The van der Waals surface area contributed by atoms with Crippen LogP contribution in [-0.2, 0) is 16.4 Å². The average molecular weight is 430 g/mol. The number of ether oxygens (including phenoxy) is 1. The minimum atomic E-state index is -3.42. The van der Waals surface area contributed by atoms with E-state index in [1.165, 1.54) is 0 Å². The van der Waals surface area contributed by atoms with Crippen molar-refractivity contribution in [2.75, 3.05) is 20.2 Å². The monoisotopic (exact) mass is 429 g/mol. The number of benzene rings is 2. The van der Waals surface area contributed by atoms with Crippen LogP contribution in [0.2, 0.25) is 0 Å². The second kappa shape index (κ2) is 8.61. The van der Waals surface area contributed by atoms with Gasteiger partial charge in [-0.2, -0.15) is 4.31 Å². The van der Waals surface area contributed by atoms with E-state index >= 15 is 0 Å². The number of hydrogen-bond donors (Lipinski definition) is 0. The van der Waals surface area contributed by atoms with Gasteiger partial charge in [-0.15, -0.1) is 21.5 Å². The van der Waals surface area contributed by atoms with E-state index in [-0.39, 0.29) is 5.92 Å². The van der Waals surface area contributed by atoms with Gasteiger partial charge in [-0.1, -0.05) is 30.3 Å². The Balaban J connectivity index is 1.38. The molecule has 0 saturated carbocycles. The molecular weight excluding hydrogens is 406 g/mol. The summed E-state index contributed by atoms with van der Waals surface area (Å²) in [6.45, 7) is 1.02. The van der Waals surface area contributed by atoms with Gasteiger partial charge in [-0.05, 0) is 42.7 Å². The molecule has 0 unspecified atom stereocenters. The lowest BCUT2D eigenvalue weighted by molar-refractivity contribution is 0.318. The molecule has 29 heavy (non-hydrogen) atoms. The number of aromatic nitrogens is 2. The molecule has 6 nitrogen and oxygen atoms in total. The van der Waals surface area contributed by atoms with Crippen LogP contribution in [0.1, 0.15) is 34.3 Å². The third kappa shape index (κ3) is 4.49. The molecule has 0 spiro atoms. The zero-order valence-electron chi connectivity index (χ0n) is 16.2. The van der Waals surface area contributed by atoms with E-state index in [2.05, 4.69) is 10.2 Å². The molecular formula is C21H23N3O3S2. The predicted octanol–water partition coefficient (Wildman–Crippen LogP) is 3.71. The normalized spacial score (nSPS) is 16.0. The van der Waals surface area contributed by atoms with Crippen molar-refractivity contribution in [3.05, 3.63) is 70.2 Å². The zero-order chi connectivity index (χ0) is 20.3. The van der Waals surface area contributed by atoms with Gasteiger partial charge >= 0.3 is 0 Å². The van der Waals surface area contributed by atoms with Crippen molar-refractivity contribution in [3.8, 4) is 5.75 Å². The third-order valence-corrected chi connectivity index (χ3v) is 8.18. The lowest BCUT2D eigenvalue weighted by Gasteiger charge is -2.30. The van der Waals surface area contributed by atoms with Crippen molar-refractivity contribution in [2.24, 2.45) is 0 Å². The van der Waals surface area contributed by atoms with Gasteiger partial charge in [0.2, 0.25) is 10.0 Å². The number of hydrogen-bond acceptors (Lipinski definition) is 6. The molecule has 1 aliphatic rings. The summed E-state index contributed by atoms with van der Waals surface area (Å²) >= 11 is 1.63. The van der Waals surface area contributed by atoms with Crippen LogP contribution in [-0.4, -0.2) is 43.1 Å². The highest BCUT2D eigenvalue weighted by atomic mass is 32.2. The third-order valence-electron chi connectivity index (χ3n) is 5.18. The largest absolute Gasteiger partial charge is 0.497 e. The van der Waals surface area contributed by atoms with Crippen molar-refractivity contribution in [1.29, 1.82) is 0 Å². The summed E-state index contributed by atoms with van der Waals surface area (Å²) in [6.07, 6.45) is 2.27. The fourth-order valence-electron chi connectivity index (χ4n) is 3.51. The Kier molecular flexibility index (Phi) is 5.94. The van der Waals surface area contributed by atoms with Gasteiger partial charge in [0.25, 0.3) is 0 Å². The molecule has 0 aliphatic carbocycles. The van der Waals surface area contributed by atoms with Crippen molar-refractivity contribution in [1.82, 2.24) is 14.5 Å². The van der Waals surface area contributed by atoms with Crippen molar-refractivity contribution in [2.45, 2.75) is 30.1 Å². The summed E-state index contributed by atoms with van der Waals surface area (Å²) < 4.78 is 32.3. The molecule has 1 fully saturated rings. The van der Waals surface area contributed by atoms with Gasteiger partial charge in [0.1, 0.15) is 15.8 Å². The number of piperidine rings is 1. The standard InChI is InChI=1S/C21H23N3O3S2/c1-27-18-9-7-16(8-10-18)15-20-22-23-21(28-20)17-11-13-24(14-12-17)29(25,26)19-5-3-2-4-6-19/h2-10,17H,11-15H2,1H3. The van der Waals surface area contributed by atoms with Crippen LogP contribution in [0.5, 0.6) is 5.75 Å². The minimum Gasteiger partial charge on any atom is -0.497 e. The fourth-order valence-corrected chi connectivity index (χ4v) is 6.04. The van der Waals surface area contributed by atoms with E-state index in [1.807, 2.05) is 30.3 Å². The van der Waals surface area contributed by atoms with E-state index in [4.69, 9.17) is 4.74 Å². The molecule has 1 aliphatic heterocycles. The van der Waals surface area contributed by atoms with Crippen LogP contribution in [0.4, 0.5) is 0 Å². The van der Waals surface area contributed by atoms with E-state index in [1.54, 1.807) is 47.0 Å². The molecule has 0 bridgehead atoms. The van der Waals surface area contributed by atoms with Crippen LogP contribution >= 0.6 is 11.3 Å². The maximum absolute atomic E-state index is 12.8. The number of sulfonamides is 1. The maximum Gasteiger partial charge on any atom is 0.243 e. The highest BCUT2D eigenvalue weighted by Crippen LogP contribution is 2.32. The Bertz CT molecular complexity index is 1040. The molecule has 0 atom stereocenters. The first-order chi connectivity index (χ1) is 14.1. The van der Waals surface area contributed by atoms with Crippen LogP contribution in [0.3, 0.4) is 0 Å². The van der Waals surface area contributed by atoms with E-state index in [9.17, 15) is 8.42 Å². The van der Waals surface area contributed by atoms with Gasteiger partial charge in [-0.25, -0.2) is 8.42 Å². The quantitative estimate of drug-likeness (QED) is 0.597. The summed E-state index contributed by atoms with van der Waals surface area (Å²) in [5, 5.41) is 10.7. The van der Waals surface area contributed by atoms with E-state index in [0.29, 0.717) is 18.0 Å². The van der Waals surface area contributed by atoms with E-state index in [0.717, 1.165) is 40.6 Å². The lowest BCUT2D eigenvalue weighted by Crippen LogP contribution is -2.37. The summed E-state index contributed by atoms with van der Waals surface area (Å²) in [6, 6.07) is 16.6. The van der Waals surface area contributed by atoms with Gasteiger partial charge in [0, 0.05) is 25.4 Å². The topological polar surface area (TPSA) is 72.4 Å². The molecule has 0 radical (unpaired) electrons. The summed E-state index contributed by atoms with van der Waals surface area (Å²) in [7, 11) is -1.76. The fraction of sp³-hybridized carbons (Fsp3) is 0.333. The van der Waals surface area contributed by atoms with Gasteiger partial charge < -0.3 is 4.74 Å². The highest BCUT2D eigenvalue weighted by Gasteiger charge is 2.31. The molecule has 3 aromatic rings. The highest BCUT2D eigenvalue weighted by molar-refractivity contribution is 7.89. The molecule has 8 heteroatoms. The summed E-state index contributed by atoms with van der Waals surface area (Å²) in [5.41, 5.74) is 1.16. The molecule has 0 N–H and O–H groups in total. The van der Waals surface area contributed by atoms with E-state index < -0.39 is 10.0 Å². The lowest BCUT2D eigenvalue weighted by atomic mass is 9.99. The first-order valence-electron chi connectivity index (χ1n) is 9.56.